The Bertz CT molecular complexity index is 318. The fraction of sp³-hybridized carbons (Fsp3) is 0.538. The summed E-state index contributed by atoms with van der Waals surface area (Å²) < 4.78 is 0. The van der Waals surface area contributed by atoms with E-state index in [1.807, 2.05) is 45.0 Å². The fourth-order valence-electron chi connectivity index (χ4n) is 1.92. The van der Waals surface area contributed by atoms with Gasteiger partial charge in [0, 0.05) is 0 Å². The Morgan fingerprint density at radius 2 is 1.80 bits per heavy atom. The zero-order valence-electron chi connectivity index (χ0n) is 9.83. The highest BCUT2D eigenvalue weighted by atomic mass is 16.3. The lowest BCUT2D eigenvalue weighted by Crippen LogP contribution is -2.40. The average Bonchev–Trinajstić information content (AvgIpc) is 2.28. The van der Waals surface area contributed by atoms with Crippen molar-refractivity contribution in [2.24, 2.45) is 5.73 Å². The Balaban J connectivity index is 3.03. The van der Waals surface area contributed by atoms with E-state index in [0.717, 1.165) is 11.1 Å². The molecule has 0 bridgehead atoms. The van der Waals surface area contributed by atoms with E-state index in [0.29, 0.717) is 12.8 Å². The summed E-state index contributed by atoms with van der Waals surface area (Å²) in [5.74, 6) is 0. The van der Waals surface area contributed by atoms with Crippen LogP contribution >= 0.6 is 0 Å². The van der Waals surface area contributed by atoms with Crippen molar-refractivity contribution in [1.82, 2.24) is 0 Å². The Kier molecular flexibility index (Phi) is 3.89. The number of rotatable bonds is 4. The van der Waals surface area contributed by atoms with Crippen molar-refractivity contribution < 1.29 is 5.11 Å². The summed E-state index contributed by atoms with van der Waals surface area (Å²) in [6, 6.07) is 7.68. The molecule has 0 amide bonds. The number of nitrogens with two attached hydrogens (primary N) is 1. The van der Waals surface area contributed by atoms with Gasteiger partial charge >= 0.3 is 0 Å². The third kappa shape index (κ3) is 2.39. The summed E-state index contributed by atoms with van der Waals surface area (Å²) in [7, 11) is 0. The Morgan fingerprint density at radius 1 is 1.27 bits per heavy atom. The van der Waals surface area contributed by atoms with E-state index in [1.165, 1.54) is 0 Å². The molecule has 84 valence electrons. The maximum Gasteiger partial charge on any atom is 0.0834 e. The lowest BCUT2D eigenvalue weighted by molar-refractivity contribution is 0.00550. The van der Waals surface area contributed by atoms with Crippen LogP contribution in [-0.2, 0) is 0 Å². The summed E-state index contributed by atoms with van der Waals surface area (Å²) in [6.45, 7) is 5.98. The molecule has 1 aromatic rings. The second-order valence-electron chi connectivity index (χ2n) is 4.14. The monoisotopic (exact) mass is 207 g/mol. The second-order valence-corrected chi connectivity index (χ2v) is 4.14. The molecule has 0 fully saturated rings. The SMILES string of the molecule is CCC(O)(CC)C(N)c1ccccc1C. The molecule has 0 saturated heterocycles. The van der Waals surface area contributed by atoms with Gasteiger partial charge in [0.15, 0.2) is 0 Å². The van der Waals surface area contributed by atoms with Crippen LogP contribution in [-0.4, -0.2) is 10.7 Å². The smallest absolute Gasteiger partial charge is 0.0834 e. The summed E-state index contributed by atoms with van der Waals surface area (Å²) in [6.07, 6.45) is 1.36. The highest BCUT2D eigenvalue weighted by Crippen LogP contribution is 2.31. The van der Waals surface area contributed by atoms with Gasteiger partial charge in [-0.15, -0.1) is 0 Å². The number of hydrogen-bond donors (Lipinski definition) is 2. The normalized spacial score (nSPS) is 13.9. The van der Waals surface area contributed by atoms with Gasteiger partial charge in [-0.25, -0.2) is 0 Å². The van der Waals surface area contributed by atoms with Gasteiger partial charge in [0.2, 0.25) is 0 Å². The van der Waals surface area contributed by atoms with Crippen molar-refractivity contribution in [3.05, 3.63) is 35.4 Å². The van der Waals surface area contributed by atoms with Crippen LogP contribution in [0.3, 0.4) is 0 Å². The van der Waals surface area contributed by atoms with E-state index in [-0.39, 0.29) is 6.04 Å². The van der Waals surface area contributed by atoms with Crippen LogP contribution in [0.1, 0.15) is 43.9 Å². The van der Waals surface area contributed by atoms with Crippen molar-refractivity contribution in [2.45, 2.75) is 45.3 Å². The molecule has 0 aliphatic rings. The van der Waals surface area contributed by atoms with Crippen LogP contribution in [0.5, 0.6) is 0 Å². The van der Waals surface area contributed by atoms with Gasteiger partial charge in [-0.3, -0.25) is 0 Å². The fourth-order valence-corrected chi connectivity index (χ4v) is 1.92. The minimum Gasteiger partial charge on any atom is -0.388 e. The first kappa shape index (κ1) is 12.2. The maximum atomic E-state index is 10.4. The average molecular weight is 207 g/mol. The molecule has 0 radical (unpaired) electrons. The highest BCUT2D eigenvalue weighted by Gasteiger charge is 2.32. The molecule has 3 N–H and O–H groups in total. The Labute approximate surface area is 92.1 Å². The zero-order chi connectivity index (χ0) is 11.5. The van der Waals surface area contributed by atoms with Crippen LogP contribution in [0, 0.1) is 6.92 Å². The minimum absolute atomic E-state index is 0.298. The zero-order valence-corrected chi connectivity index (χ0v) is 9.83. The van der Waals surface area contributed by atoms with E-state index >= 15 is 0 Å². The van der Waals surface area contributed by atoms with Crippen LogP contribution in [0.15, 0.2) is 24.3 Å². The predicted molar refractivity (Wildman–Crippen MR) is 63.6 cm³/mol. The van der Waals surface area contributed by atoms with Crippen molar-refractivity contribution >= 4 is 0 Å². The molecular formula is C13H21NO. The van der Waals surface area contributed by atoms with Gasteiger partial charge in [-0.1, -0.05) is 38.1 Å². The molecule has 1 aromatic carbocycles. The number of aryl methyl sites for hydroxylation is 1. The molecule has 0 saturated carbocycles. The molecule has 2 heteroatoms. The van der Waals surface area contributed by atoms with Gasteiger partial charge in [0.05, 0.1) is 11.6 Å². The first-order chi connectivity index (χ1) is 7.05. The molecule has 1 atom stereocenters. The van der Waals surface area contributed by atoms with Crippen molar-refractivity contribution in [1.29, 1.82) is 0 Å². The maximum absolute atomic E-state index is 10.4. The molecule has 0 heterocycles. The third-order valence-electron chi connectivity index (χ3n) is 3.33. The number of aliphatic hydroxyl groups is 1. The summed E-state index contributed by atoms with van der Waals surface area (Å²) in [5.41, 5.74) is 7.55. The van der Waals surface area contributed by atoms with Gasteiger partial charge in [-0.05, 0) is 30.9 Å². The Morgan fingerprint density at radius 3 is 2.27 bits per heavy atom. The van der Waals surface area contributed by atoms with E-state index in [9.17, 15) is 5.11 Å². The number of benzene rings is 1. The number of hydrogen-bond acceptors (Lipinski definition) is 2. The van der Waals surface area contributed by atoms with E-state index in [2.05, 4.69) is 0 Å². The van der Waals surface area contributed by atoms with Crippen LogP contribution in [0.2, 0.25) is 0 Å². The topological polar surface area (TPSA) is 46.2 Å². The molecule has 1 unspecified atom stereocenters. The second kappa shape index (κ2) is 4.77. The molecule has 0 spiro atoms. The van der Waals surface area contributed by atoms with Crippen LogP contribution in [0.25, 0.3) is 0 Å². The first-order valence-electron chi connectivity index (χ1n) is 5.58. The minimum atomic E-state index is -0.786. The summed E-state index contributed by atoms with van der Waals surface area (Å²) in [4.78, 5) is 0. The highest BCUT2D eigenvalue weighted by molar-refractivity contribution is 5.30. The largest absolute Gasteiger partial charge is 0.388 e. The summed E-state index contributed by atoms with van der Waals surface area (Å²) >= 11 is 0. The lowest BCUT2D eigenvalue weighted by atomic mass is 9.83. The van der Waals surface area contributed by atoms with E-state index < -0.39 is 5.60 Å². The molecule has 1 rings (SSSR count). The van der Waals surface area contributed by atoms with Crippen molar-refractivity contribution in [2.75, 3.05) is 0 Å². The quantitative estimate of drug-likeness (QED) is 0.797. The van der Waals surface area contributed by atoms with Crippen molar-refractivity contribution in [3.63, 3.8) is 0 Å². The van der Waals surface area contributed by atoms with Crippen LogP contribution in [0.4, 0.5) is 0 Å². The molecule has 15 heavy (non-hydrogen) atoms. The molecule has 0 aromatic heterocycles. The molecular weight excluding hydrogens is 186 g/mol. The van der Waals surface area contributed by atoms with Gasteiger partial charge in [0.25, 0.3) is 0 Å². The van der Waals surface area contributed by atoms with Crippen LogP contribution < -0.4 is 5.73 Å². The molecule has 0 aliphatic carbocycles. The summed E-state index contributed by atoms with van der Waals surface area (Å²) in [5, 5.41) is 10.4. The Hall–Kier alpha value is -0.860. The van der Waals surface area contributed by atoms with Gasteiger partial charge < -0.3 is 10.8 Å². The third-order valence-corrected chi connectivity index (χ3v) is 3.33. The standard InChI is InChI=1S/C13H21NO/c1-4-13(15,5-2)12(14)11-9-7-6-8-10(11)3/h6-9,12,15H,4-5,14H2,1-3H3. The van der Waals surface area contributed by atoms with Gasteiger partial charge in [-0.2, -0.15) is 0 Å². The van der Waals surface area contributed by atoms with Crippen molar-refractivity contribution in [3.8, 4) is 0 Å². The van der Waals surface area contributed by atoms with Gasteiger partial charge in [0.1, 0.15) is 0 Å². The first-order valence-corrected chi connectivity index (χ1v) is 5.58. The van der Waals surface area contributed by atoms with E-state index in [1.54, 1.807) is 0 Å². The van der Waals surface area contributed by atoms with E-state index in [4.69, 9.17) is 5.73 Å². The molecule has 2 nitrogen and oxygen atoms in total. The predicted octanol–water partition coefficient (Wildman–Crippen LogP) is 2.55. The lowest BCUT2D eigenvalue weighted by Gasteiger charge is -2.33. The molecule has 0 aliphatic heterocycles.